The van der Waals surface area contributed by atoms with Crippen LogP contribution in [0.15, 0.2) is 36.4 Å². The summed E-state index contributed by atoms with van der Waals surface area (Å²) in [5.74, 6) is -0.810. The molecule has 0 fully saturated rings. The molecule has 0 aliphatic rings. The lowest BCUT2D eigenvalue weighted by molar-refractivity contribution is -0.131. The maximum Gasteiger partial charge on any atom is 0.327 e. The first-order valence-corrected chi connectivity index (χ1v) is 8.98. The van der Waals surface area contributed by atoms with Crippen molar-refractivity contribution in [3.8, 4) is 0 Å². The third kappa shape index (κ3) is 5.15. The van der Waals surface area contributed by atoms with Crippen molar-refractivity contribution in [2.45, 2.75) is 52.4 Å². The van der Waals surface area contributed by atoms with E-state index >= 15 is 0 Å². The van der Waals surface area contributed by atoms with Gasteiger partial charge >= 0.3 is 5.97 Å². The molecule has 0 saturated heterocycles. The van der Waals surface area contributed by atoms with Crippen molar-refractivity contribution in [1.29, 1.82) is 5.41 Å². The molecule has 1 heterocycles. The van der Waals surface area contributed by atoms with Gasteiger partial charge in [-0.1, -0.05) is 37.3 Å². The number of nitrogens with one attached hydrogen (secondary N) is 2. The number of carboxylic acid groups (broad SMARTS) is 1. The van der Waals surface area contributed by atoms with Gasteiger partial charge < -0.3 is 10.5 Å². The van der Waals surface area contributed by atoms with E-state index in [1.54, 1.807) is 6.08 Å². The average Bonchev–Trinajstić information content (AvgIpc) is 2.93. The summed E-state index contributed by atoms with van der Waals surface area (Å²) in [7, 11) is 0. The van der Waals surface area contributed by atoms with E-state index in [0.717, 1.165) is 53.6 Å². The van der Waals surface area contributed by atoms with Gasteiger partial charge in [0.15, 0.2) is 0 Å². The number of aromatic nitrogens is 2. The van der Waals surface area contributed by atoms with Crippen LogP contribution in [0.1, 0.15) is 53.8 Å². The van der Waals surface area contributed by atoms with Crippen LogP contribution in [0.25, 0.3) is 0 Å². The monoisotopic (exact) mass is 353 g/mol. The predicted octanol–water partition coefficient (Wildman–Crippen LogP) is 4.36. The van der Waals surface area contributed by atoms with Crippen LogP contribution in [0, 0.1) is 19.3 Å². The maximum atomic E-state index is 10.5. The van der Waals surface area contributed by atoms with Crippen LogP contribution in [-0.2, 0) is 17.6 Å². The topological polar surface area (TPSA) is 89.8 Å². The number of allylic oxidation sites excluding steroid dienone is 1. The first kappa shape index (κ1) is 19.6. The molecule has 2 aromatic rings. The van der Waals surface area contributed by atoms with Crippen LogP contribution < -0.4 is 0 Å². The van der Waals surface area contributed by atoms with E-state index in [-0.39, 0.29) is 5.92 Å². The number of rotatable bonds is 9. The molecule has 5 nitrogen and oxygen atoms in total. The first-order valence-electron chi connectivity index (χ1n) is 8.98. The lowest BCUT2D eigenvalue weighted by Gasteiger charge is -2.17. The number of H-pyrrole nitrogens is 1. The minimum Gasteiger partial charge on any atom is -0.478 e. The standard InChI is InChI=1S/C21H27N3O2/c1-4-18(20(22)13-12-19-14(2)23-24-15(19)3)17-10-8-16(9-11-17)6-5-7-21(25)26/h5,7-11,18,22H,4,6,12-13H2,1-3H3,(H,23,24)(H,25,26)/b7-5+,22-20?/t18-/m0/s1. The van der Waals surface area contributed by atoms with Crippen LogP contribution in [0.2, 0.25) is 0 Å². The Kier molecular flexibility index (Phi) is 6.89. The second-order valence-electron chi connectivity index (χ2n) is 6.58. The number of hydrogen-bond acceptors (Lipinski definition) is 3. The number of nitrogens with zero attached hydrogens (tertiary/aromatic N) is 1. The van der Waals surface area contributed by atoms with Crippen LogP contribution in [0.3, 0.4) is 0 Å². The highest BCUT2D eigenvalue weighted by Gasteiger charge is 2.16. The average molecular weight is 353 g/mol. The number of aromatic amines is 1. The molecule has 0 unspecified atom stereocenters. The van der Waals surface area contributed by atoms with Gasteiger partial charge in [-0.05, 0) is 56.2 Å². The van der Waals surface area contributed by atoms with E-state index < -0.39 is 5.97 Å². The zero-order valence-corrected chi connectivity index (χ0v) is 15.7. The van der Waals surface area contributed by atoms with E-state index in [1.807, 2.05) is 26.0 Å². The van der Waals surface area contributed by atoms with E-state index in [1.165, 1.54) is 5.56 Å². The van der Waals surface area contributed by atoms with Gasteiger partial charge in [-0.3, -0.25) is 5.10 Å². The summed E-state index contributed by atoms with van der Waals surface area (Å²) < 4.78 is 0. The van der Waals surface area contributed by atoms with E-state index in [2.05, 4.69) is 29.3 Å². The molecule has 5 heteroatoms. The normalized spacial score (nSPS) is 12.4. The lowest BCUT2D eigenvalue weighted by Crippen LogP contribution is -2.12. The van der Waals surface area contributed by atoms with Gasteiger partial charge in [-0.25, -0.2) is 4.79 Å². The summed E-state index contributed by atoms with van der Waals surface area (Å²) in [6.45, 7) is 6.13. The Labute approximate surface area is 154 Å². The summed E-state index contributed by atoms with van der Waals surface area (Å²) >= 11 is 0. The summed E-state index contributed by atoms with van der Waals surface area (Å²) in [6.07, 6.45) is 5.86. The molecule has 1 atom stereocenters. The SMILES string of the molecule is CC[C@H](C(=N)CCc1c(C)n[nH]c1C)c1ccc(C/C=C/C(=O)O)cc1. The zero-order valence-electron chi connectivity index (χ0n) is 15.7. The molecule has 0 spiro atoms. The van der Waals surface area contributed by atoms with Crippen molar-refractivity contribution in [2.24, 2.45) is 0 Å². The van der Waals surface area contributed by atoms with Crippen molar-refractivity contribution < 1.29 is 9.90 Å². The largest absolute Gasteiger partial charge is 0.478 e. The molecule has 3 N–H and O–H groups in total. The Hall–Kier alpha value is -2.69. The van der Waals surface area contributed by atoms with E-state index in [9.17, 15) is 4.79 Å². The fourth-order valence-corrected chi connectivity index (χ4v) is 3.24. The quantitative estimate of drug-likeness (QED) is 0.462. The second-order valence-corrected chi connectivity index (χ2v) is 6.58. The summed E-state index contributed by atoms with van der Waals surface area (Å²) in [5, 5.41) is 24.4. The third-order valence-corrected chi connectivity index (χ3v) is 4.75. The van der Waals surface area contributed by atoms with Gasteiger partial charge in [0.1, 0.15) is 0 Å². The highest BCUT2D eigenvalue weighted by molar-refractivity contribution is 5.88. The fourth-order valence-electron chi connectivity index (χ4n) is 3.24. The molecule has 1 aromatic carbocycles. The molecule has 0 aliphatic heterocycles. The number of aliphatic carboxylic acids is 1. The van der Waals surface area contributed by atoms with Crippen molar-refractivity contribution in [1.82, 2.24) is 10.2 Å². The van der Waals surface area contributed by atoms with Crippen LogP contribution in [0.5, 0.6) is 0 Å². The Morgan fingerprint density at radius 2 is 2.00 bits per heavy atom. The number of carboxylic acids is 1. The minimum absolute atomic E-state index is 0.117. The smallest absolute Gasteiger partial charge is 0.327 e. The summed E-state index contributed by atoms with van der Waals surface area (Å²) in [6, 6.07) is 8.14. The zero-order chi connectivity index (χ0) is 19.1. The number of hydrogen-bond donors (Lipinski definition) is 3. The molecule has 2 rings (SSSR count). The number of benzene rings is 1. The highest BCUT2D eigenvalue weighted by atomic mass is 16.4. The van der Waals surface area contributed by atoms with Crippen molar-refractivity contribution in [3.05, 3.63) is 64.5 Å². The van der Waals surface area contributed by atoms with Crippen LogP contribution >= 0.6 is 0 Å². The number of aryl methyl sites for hydroxylation is 2. The summed E-state index contributed by atoms with van der Waals surface area (Å²) in [4.78, 5) is 10.5. The maximum absolute atomic E-state index is 10.5. The molecular formula is C21H27N3O2. The Balaban J connectivity index is 2.00. The Morgan fingerprint density at radius 3 is 2.54 bits per heavy atom. The van der Waals surface area contributed by atoms with Gasteiger partial charge in [-0.15, -0.1) is 0 Å². The van der Waals surface area contributed by atoms with Gasteiger partial charge in [0.05, 0.1) is 5.69 Å². The first-order chi connectivity index (χ1) is 12.4. The van der Waals surface area contributed by atoms with Crippen molar-refractivity contribution in [3.63, 3.8) is 0 Å². The van der Waals surface area contributed by atoms with Gasteiger partial charge in [0, 0.05) is 23.4 Å². The lowest BCUT2D eigenvalue weighted by atomic mass is 9.88. The molecular weight excluding hydrogens is 326 g/mol. The number of carbonyl (C=O) groups is 1. The Bertz CT molecular complexity index is 769. The molecule has 138 valence electrons. The Morgan fingerprint density at radius 1 is 1.31 bits per heavy atom. The molecule has 0 aliphatic carbocycles. The molecule has 0 amide bonds. The predicted molar refractivity (Wildman–Crippen MR) is 104 cm³/mol. The highest BCUT2D eigenvalue weighted by Crippen LogP contribution is 2.24. The fraction of sp³-hybridized carbons (Fsp3) is 0.381. The second kappa shape index (κ2) is 9.13. The van der Waals surface area contributed by atoms with Gasteiger partial charge in [0.2, 0.25) is 0 Å². The van der Waals surface area contributed by atoms with E-state index in [0.29, 0.717) is 6.42 Å². The minimum atomic E-state index is -0.927. The molecule has 0 radical (unpaired) electrons. The van der Waals surface area contributed by atoms with Crippen LogP contribution in [0.4, 0.5) is 0 Å². The molecule has 0 bridgehead atoms. The molecule has 1 aromatic heterocycles. The van der Waals surface area contributed by atoms with E-state index in [4.69, 9.17) is 10.5 Å². The van der Waals surface area contributed by atoms with Gasteiger partial charge in [0.25, 0.3) is 0 Å². The molecule has 0 saturated carbocycles. The van der Waals surface area contributed by atoms with Crippen molar-refractivity contribution in [2.75, 3.05) is 0 Å². The summed E-state index contributed by atoms with van der Waals surface area (Å²) in [5.41, 5.74) is 6.27. The third-order valence-electron chi connectivity index (χ3n) is 4.75. The van der Waals surface area contributed by atoms with Crippen molar-refractivity contribution >= 4 is 11.7 Å². The van der Waals surface area contributed by atoms with Crippen LogP contribution in [-0.4, -0.2) is 27.0 Å². The van der Waals surface area contributed by atoms with Gasteiger partial charge in [-0.2, -0.15) is 5.10 Å². The molecule has 26 heavy (non-hydrogen) atoms.